The van der Waals surface area contributed by atoms with Gasteiger partial charge in [-0.25, -0.2) is 4.79 Å². The first kappa shape index (κ1) is 17.5. The van der Waals surface area contributed by atoms with Gasteiger partial charge in [-0.2, -0.15) is 18.7 Å². The van der Waals surface area contributed by atoms with Crippen molar-refractivity contribution in [3.05, 3.63) is 35.4 Å². The molecule has 1 aromatic rings. The summed E-state index contributed by atoms with van der Waals surface area (Å²) in [6.07, 6.45) is -4.51. The highest BCUT2D eigenvalue weighted by molar-refractivity contribution is 5.96. The van der Waals surface area contributed by atoms with Crippen LogP contribution in [0.3, 0.4) is 0 Å². The molecule has 120 valence electrons. The zero-order chi connectivity index (χ0) is 16.8. The van der Waals surface area contributed by atoms with Gasteiger partial charge in [-0.05, 0) is 18.2 Å². The topological polar surface area (TPSA) is 84.5 Å². The van der Waals surface area contributed by atoms with Gasteiger partial charge in [0.15, 0.2) is 0 Å². The molecule has 0 aliphatic heterocycles. The van der Waals surface area contributed by atoms with Crippen LogP contribution in [0.5, 0.6) is 0 Å². The molecule has 9 heteroatoms. The van der Waals surface area contributed by atoms with E-state index in [9.17, 15) is 27.6 Å². The molecule has 22 heavy (non-hydrogen) atoms. The summed E-state index contributed by atoms with van der Waals surface area (Å²) in [6.45, 7) is 0.968. The molecule has 6 nitrogen and oxygen atoms in total. The summed E-state index contributed by atoms with van der Waals surface area (Å²) in [4.78, 5) is 38.0. The third-order valence-electron chi connectivity index (χ3n) is 2.43. The van der Waals surface area contributed by atoms with Crippen molar-refractivity contribution in [1.29, 1.82) is 0 Å². The second-order valence-corrected chi connectivity index (χ2v) is 4.11. The fourth-order valence-corrected chi connectivity index (χ4v) is 1.32. The van der Waals surface area contributed by atoms with Crippen molar-refractivity contribution < 1.29 is 32.4 Å². The van der Waals surface area contributed by atoms with E-state index in [0.717, 1.165) is 12.1 Å². The van der Waals surface area contributed by atoms with Gasteiger partial charge < -0.3 is 10.2 Å². The number of benzene rings is 1. The zero-order valence-corrected chi connectivity index (χ0v) is 11.5. The molecule has 0 aliphatic carbocycles. The number of amides is 2. The average Bonchev–Trinajstić information content (AvgIpc) is 2.49. The predicted molar refractivity (Wildman–Crippen MR) is 68.3 cm³/mol. The van der Waals surface area contributed by atoms with Gasteiger partial charge in [0.25, 0.3) is 11.8 Å². The third-order valence-corrected chi connectivity index (χ3v) is 2.43. The Balaban J connectivity index is 2.56. The minimum Gasteiger partial charge on any atom is -0.343 e. The molecule has 1 rings (SSSR count). The lowest BCUT2D eigenvalue weighted by molar-refractivity contribution is -0.157. The van der Waals surface area contributed by atoms with Crippen molar-refractivity contribution in [3.63, 3.8) is 0 Å². The maximum absolute atomic E-state index is 12.5. The van der Waals surface area contributed by atoms with E-state index < -0.39 is 36.1 Å². The molecule has 0 unspecified atom stereocenters. The summed E-state index contributed by atoms with van der Waals surface area (Å²) in [6, 6.07) is 3.76. The minimum absolute atomic E-state index is 0.0525. The predicted octanol–water partition coefficient (Wildman–Crippen LogP) is 1.42. The fraction of sp³-hybridized carbons (Fsp3) is 0.308. The van der Waals surface area contributed by atoms with Crippen LogP contribution in [0.2, 0.25) is 0 Å². The van der Waals surface area contributed by atoms with Crippen LogP contribution in [0.4, 0.5) is 13.2 Å². The van der Waals surface area contributed by atoms with Crippen LogP contribution >= 0.6 is 0 Å². The normalized spacial score (nSPS) is 10.7. The monoisotopic (exact) mass is 318 g/mol. The Kier molecular flexibility index (Phi) is 5.90. The quantitative estimate of drug-likeness (QED) is 0.822. The number of alkyl halides is 3. The van der Waals surface area contributed by atoms with Gasteiger partial charge in [-0.3, -0.25) is 9.59 Å². The van der Waals surface area contributed by atoms with Crippen molar-refractivity contribution in [2.75, 3.05) is 6.54 Å². The largest absolute Gasteiger partial charge is 0.416 e. The number of carbonyl (C=O) groups excluding carboxylic acids is 3. The summed E-state index contributed by atoms with van der Waals surface area (Å²) in [5.41, 5.74) is 0.579. The van der Waals surface area contributed by atoms with Crippen LogP contribution < -0.4 is 10.8 Å². The van der Waals surface area contributed by atoms with Crippen LogP contribution in [0.25, 0.3) is 0 Å². The molecule has 2 N–H and O–H groups in total. The summed E-state index contributed by atoms with van der Waals surface area (Å²) in [5.74, 6) is -2.34. The van der Waals surface area contributed by atoms with E-state index in [-0.39, 0.29) is 12.0 Å². The first-order valence-corrected chi connectivity index (χ1v) is 6.18. The number of rotatable bonds is 4. The molecule has 0 spiro atoms. The van der Waals surface area contributed by atoms with Crippen molar-refractivity contribution >= 4 is 17.8 Å². The highest BCUT2D eigenvalue weighted by Crippen LogP contribution is 2.29. The first-order valence-electron chi connectivity index (χ1n) is 6.18. The van der Waals surface area contributed by atoms with Gasteiger partial charge in [0.2, 0.25) is 0 Å². The van der Waals surface area contributed by atoms with Crippen LogP contribution in [0, 0.1) is 0 Å². The zero-order valence-electron chi connectivity index (χ0n) is 11.5. The highest BCUT2D eigenvalue weighted by Gasteiger charge is 2.30. The molecule has 0 saturated heterocycles. The van der Waals surface area contributed by atoms with Gasteiger partial charge in [-0.1, -0.05) is 13.0 Å². The maximum atomic E-state index is 12.5. The lowest BCUT2D eigenvalue weighted by atomic mass is 10.1. The molecule has 0 fully saturated rings. The number of nitrogens with one attached hydrogen (secondary N) is 2. The molecule has 0 heterocycles. The number of hydroxylamine groups is 1. The molecular formula is C13H13F3N2O4. The Labute approximate surface area is 123 Å². The second kappa shape index (κ2) is 7.43. The summed E-state index contributed by atoms with van der Waals surface area (Å²) < 4.78 is 37.5. The Morgan fingerprint density at radius 3 is 2.50 bits per heavy atom. The lowest BCUT2D eigenvalue weighted by Crippen LogP contribution is -2.37. The Morgan fingerprint density at radius 1 is 1.23 bits per heavy atom. The molecule has 1 aromatic carbocycles. The first-order chi connectivity index (χ1) is 10.2. The molecular weight excluding hydrogens is 305 g/mol. The van der Waals surface area contributed by atoms with Crippen LogP contribution in [0.1, 0.15) is 29.3 Å². The smallest absolute Gasteiger partial charge is 0.343 e. The molecule has 0 aromatic heterocycles. The summed E-state index contributed by atoms with van der Waals surface area (Å²) in [5, 5.41) is 2.11. The Bertz CT molecular complexity index is 573. The van der Waals surface area contributed by atoms with E-state index >= 15 is 0 Å². The van der Waals surface area contributed by atoms with E-state index in [1.54, 1.807) is 5.48 Å². The number of hydrogen-bond acceptors (Lipinski definition) is 4. The minimum atomic E-state index is -4.57. The van der Waals surface area contributed by atoms with Crippen molar-refractivity contribution in [1.82, 2.24) is 10.8 Å². The highest BCUT2D eigenvalue weighted by atomic mass is 19.4. The van der Waals surface area contributed by atoms with Crippen molar-refractivity contribution in [2.24, 2.45) is 0 Å². The molecule has 2 amide bonds. The van der Waals surface area contributed by atoms with Gasteiger partial charge in [0, 0.05) is 12.0 Å². The van der Waals surface area contributed by atoms with Crippen LogP contribution in [-0.4, -0.2) is 24.3 Å². The summed E-state index contributed by atoms with van der Waals surface area (Å²) in [7, 11) is 0. The van der Waals surface area contributed by atoms with Gasteiger partial charge >= 0.3 is 12.1 Å². The average molecular weight is 318 g/mol. The molecule has 0 radical (unpaired) electrons. The lowest BCUT2D eigenvalue weighted by Gasteiger charge is -2.09. The maximum Gasteiger partial charge on any atom is 0.416 e. The number of carbonyl (C=O) groups is 3. The van der Waals surface area contributed by atoms with Crippen LogP contribution in [0.15, 0.2) is 24.3 Å². The third kappa shape index (κ3) is 5.43. The van der Waals surface area contributed by atoms with E-state index in [2.05, 4.69) is 10.2 Å². The molecule has 0 saturated carbocycles. The molecule has 0 bridgehead atoms. The van der Waals surface area contributed by atoms with Crippen molar-refractivity contribution in [3.8, 4) is 0 Å². The van der Waals surface area contributed by atoms with Gasteiger partial charge in [0.05, 0.1) is 12.1 Å². The SMILES string of the molecule is CCC(=O)ONC(=O)CNC(=O)c1cccc(C(F)(F)F)c1. The molecule has 0 atom stereocenters. The van der Waals surface area contributed by atoms with E-state index in [1.807, 2.05) is 0 Å². The standard InChI is InChI=1S/C13H13F3N2O4/c1-2-11(20)22-18-10(19)7-17-12(21)8-4-3-5-9(6-8)13(14,15)16/h3-6H,2,7H2,1H3,(H,17,21)(H,18,19). The van der Waals surface area contributed by atoms with E-state index in [4.69, 9.17) is 0 Å². The van der Waals surface area contributed by atoms with E-state index in [0.29, 0.717) is 6.07 Å². The van der Waals surface area contributed by atoms with Crippen molar-refractivity contribution in [2.45, 2.75) is 19.5 Å². The Hall–Kier alpha value is -2.58. The van der Waals surface area contributed by atoms with E-state index in [1.165, 1.54) is 13.0 Å². The number of halogens is 3. The number of hydrogen-bond donors (Lipinski definition) is 2. The molecule has 0 aliphatic rings. The second-order valence-electron chi connectivity index (χ2n) is 4.11. The summed E-state index contributed by atoms with van der Waals surface area (Å²) >= 11 is 0. The van der Waals surface area contributed by atoms with Gasteiger partial charge in [-0.15, -0.1) is 0 Å². The fourth-order valence-electron chi connectivity index (χ4n) is 1.32. The van der Waals surface area contributed by atoms with Gasteiger partial charge in [0.1, 0.15) is 0 Å². The Morgan fingerprint density at radius 2 is 1.91 bits per heavy atom. The van der Waals surface area contributed by atoms with Crippen LogP contribution in [-0.2, 0) is 20.6 Å².